The average molecular weight is 206 g/mol. The Balaban J connectivity index is 2.49. The number of thiazole rings is 1. The van der Waals surface area contributed by atoms with Gasteiger partial charge in [0.05, 0.1) is 5.69 Å². The Hall–Kier alpha value is -1.22. The Morgan fingerprint density at radius 1 is 1.43 bits per heavy atom. The smallest absolute Gasteiger partial charge is 0.123 e. The molecule has 0 saturated carbocycles. The van der Waals surface area contributed by atoms with Crippen molar-refractivity contribution in [2.45, 2.75) is 6.92 Å². The number of hydrogen-bond donors (Lipinski definition) is 0. The fraction of sp³-hybridized carbons (Fsp3) is 0.0909. The molecule has 1 aromatic heterocycles. The van der Waals surface area contributed by atoms with E-state index in [9.17, 15) is 4.39 Å². The quantitative estimate of drug-likeness (QED) is 0.696. The van der Waals surface area contributed by atoms with E-state index in [1.165, 1.54) is 23.5 Å². The van der Waals surface area contributed by atoms with Gasteiger partial charge in [0.25, 0.3) is 0 Å². The molecule has 0 aliphatic carbocycles. The van der Waals surface area contributed by atoms with Crippen molar-refractivity contribution >= 4 is 11.3 Å². The van der Waals surface area contributed by atoms with Crippen molar-refractivity contribution in [3.8, 4) is 10.6 Å². The van der Waals surface area contributed by atoms with Crippen molar-refractivity contribution < 1.29 is 4.39 Å². The highest BCUT2D eigenvalue weighted by Crippen LogP contribution is 2.27. The number of halogens is 1. The van der Waals surface area contributed by atoms with Crippen LogP contribution in [-0.4, -0.2) is 4.98 Å². The molecule has 2 rings (SSSR count). The number of rotatable bonds is 1. The van der Waals surface area contributed by atoms with Crippen LogP contribution >= 0.6 is 11.3 Å². The first-order valence-corrected chi connectivity index (χ1v) is 5.04. The van der Waals surface area contributed by atoms with E-state index in [0.717, 1.165) is 21.1 Å². The summed E-state index contributed by atoms with van der Waals surface area (Å²) in [5, 5.41) is 0.826. The largest absolute Gasteiger partial charge is 0.241 e. The number of aromatic nitrogens is 1. The molecule has 1 aromatic carbocycles. The lowest BCUT2D eigenvalue weighted by Gasteiger charge is -1.94. The van der Waals surface area contributed by atoms with Gasteiger partial charge in [-0.1, -0.05) is 12.1 Å². The van der Waals surface area contributed by atoms with Crippen LogP contribution in [0.1, 0.15) is 10.6 Å². The summed E-state index contributed by atoms with van der Waals surface area (Å²) < 4.78 is 12.9. The van der Waals surface area contributed by atoms with Crippen LogP contribution in [0.2, 0.25) is 0 Å². The van der Waals surface area contributed by atoms with E-state index < -0.39 is 0 Å². The van der Waals surface area contributed by atoms with Crippen LogP contribution in [-0.2, 0) is 0 Å². The van der Waals surface area contributed by atoms with Crippen LogP contribution in [0.4, 0.5) is 4.39 Å². The molecule has 0 spiro atoms. The van der Waals surface area contributed by atoms with Crippen molar-refractivity contribution in [1.82, 2.24) is 4.98 Å². The van der Waals surface area contributed by atoms with E-state index in [1.807, 2.05) is 13.0 Å². The zero-order valence-corrected chi connectivity index (χ0v) is 8.57. The molecule has 1 heterocycles. The zero-order chi connectivity index (χ0) is 10.1. The molecular weight excluding hydrogens is 197 g/mol. The van der Waals surface area contributed by atoms with E-state index in [-0.39, 0.29) is 5.82 Å². The first kappa shape index (κ1) is 9.34. The lowest BCUT2D eigenvalue weighted by molar-refractivity contribution is 0.628. The van der Waals surface area contributed by atoms with Crippen LogP contribution in [0.15, 0.2) is 24.3 Å². The molecule has 0 unspecified atom stereocenters. The second-order valence-electron chi connectivity index (χ2n) is 3.04. The van der Waals surface area contributed by atoms with E-state index in [0.29, 0.717) is 0 Å². The Morgan fingerprint density at radius 2 is 2.21 bits per heavy atom. The summed E-state index contributed by atoms with van der Waals surface area (Å²) in [6.07, 6.45) is 0. The van der Waals surface area contributed by atoms with Crippen LogP contribution < -0.4 is 0 Å². The minimum Gasteiger partial charge on any atom is -0.241 e. The highest BCUT2D eigenvalue weighted by atomic mass is 32.1. The fourth-order valence-electron chi connectivity index (χ4n) is 1.17. The molecule has 0 N–H and O–H groups in total. The highest BCUT2D eigenvalue weighted by Gasteiger charge is 2.06. The molecule has 14 heavy (non-hydrogen) atoms. The van der Waals surface area contributed by atoms with Crippen molar-refractivity contribution in [2.75, 3.05) is 0 Å². The van der Waals surface area contributed by atoms with Gasteiger partial charge in [-0.15, -0.1) is 11.3 Å². The number of nitrogens with zero attached hydrogens (tertiary/aromatic N) is 1. The SMILES string of the molecule is [CH2]c1sc(-c2cccc(F)c2)nc1C. The molecule has 3 heteroatoms. The molecule has 0 aliphatic rings. The predicted octanol–water partition coefficient (Wildman–Crippen LogP) is 3.44. The van der Waals surface area contributed by atoms with Crippen LogP contribution in [0, 0.1) is 19.7 Å². The van der Waals surface area contributed by atoms with E-state index >= 15 is 0 Å². The molecule has 71 valence electrons. The Morgan fingerprint density at radius 3 is 2.79 bits per heavy atom. The summed E-state index contributed by atoms with van der Waals surface area (Å²) in [4.78, 5) is 5.25. The standard InChI is InChI=1S/C11H9FNS/c1-7-8(2)14-11(13-7)9-4-3-5-10(12)6-9/h3-6H,2H2,1H3. The number of hydrogen-bond acceptors (Lipinski definition) is 2. The van der Waals surface area contributed by atoms with Gasteiger partial charge in [-0.2, -0.15) is 0 Å². The van der Waals surface area contributed by atoms with Gasteiger partial charge in [0.1, 0.15) is 10.8 Å². The third-order valence-electron chi connectivity index (χ3n) is 1.96. The molecule has 0 amide bonds. The molecule has 0 fully saturated rings. The van der Waals surface area contributed by atoms with Crippen LogP contribution in [0.5, 0.6) is 0 Å². The maximum atomic E-state index is 12.9. The van der Waals surface area contributed by atoms with Gasteiger partial charge in [-0.05, 0) is 26.0 Å². The van der Waals surface area contributed by atoms with Crippen molar-refractivity contribution in [3.63, 3.8) is 0 Å². The lowest BCUT2D eigenvalue weighted by atomic mass is 10.2. The van der Waals surface area contributed by atoms with Crippen LogP contribution in [0.3, 0.4) is 0 Å². The van der Waals surface area contributed by atoms with E-state index in [4.69, 9.17) is 0 Å². The number of benzene rings is 1. The molecule has 0 saturated heterocycles. The molecule has 0 atom stereocenters. The van der Waals surface area contributed by atoms with Crippen molar-refractivity contribution in [3.05, 3.63) is 47.6 Å². The van der Waals surface area contributed by atoms with Gasteiger partial charge in [-0.3, -0.25) is 0 Å². The second kappa shape index (κ2) is 3.50. The second-order valence-corrected chi connectivity index (χ2v) is 4.12. The third-order valence-corrected chi connectivity index (χ3v) is 3.03. The summed E-state index contributed by atoms with van der Waals surface area (Å²) in [6, 6.07) is 6.44. The van der Waals surface area contributed by atoms with Gasteiger partial charge >= 0.3 is 0 Å². The summed E-state index contributed by atoms with van der Waals surface area (Å²) in [5.41, 5.74) is 1.72. The van der Waals surface area contributed by atoms with Crippen LogP contribution in [0.25, 0.3) is 10.6 Å². The van der Waals surface area contributed by atoms with Gasteiger partial charge in [0, 0.05) is 10.4 Å². The summed E-state index contributed by atoms with van der Waals surface area (Å²) in [6.45, 7) is 5.76. The number of aryl methyl sites for hydroxylation is 1. The normalized spacial score (nSPS) is 10.5. The minimum absolute atomic E-state index is 0.235. The fourth-order valence-corrected chi connectivity index (χ4v) is 2.03. The molecule has 1 radical (unpaired) electrons. The summed E-state index contributed by atoms with van der Waals surface area (Å²) in [7, 11) is 0. The Kier molecular flexibility index (Phi) is 2.33. The molecular formula is C11H9FNS. The van der Waals surface area contributed by atoms with Gasteiger partial charge in [0.2, 0.25) is 0 Å². The van der Waals surface area contributed by atoms with Gasteiger partial charge < -0.3 is 0 Å². The Bertz CT molecular complexity index is 443. The van der Waals surface area contributed by atoms with Gasteiger partial charge in [0.15, 0.2) is 0 Å². The molecule has 0 bridgehead atoms. The third kappa shape index (κ3) is 1.68. The summed E-state index contributed by atoms with van der Waals surface area (Å²) >= 11 is 1.49. The maximum absolute atomic E-state index is 12.9. The van der Waals surface area contributed by atoms with Crippen molar-refractivity contribution in [2.24, 2.45) is 0 Å². The predicted molar refractivity (Wildman–Crippen MR) is 56.7 cm³/mol. The first-order valence-electron chi connectivity index (χ1n) is 4.22. The minimum atomic E-state index is -0.235. The Labute approximate surface area is 86.2 Å². The summed E-state index contributed by atoms with van der Waals surface area (Å²) in [5.74, 6) is -0.235. The van der Waals surface area contributed by atoms with Crippen molar-refractivity contribution in [1.29, 1.82) is 0 Å². The zero-order valence-electron chi connectivity index (χ0n) is 7.75. The van der Waals surface area contributed by atoms with Gasteiger partial charge in [-0.25, -0.2) is 9.37 Å². The molecule has 0 aliphatic heterocycles. The monoisotopic (exact) mass is 206 g/mol. The highest BCUT2D eigenvalue weighted by molar-refractivity contribution is 7.15. The average Bonchev–Trinajstić information content (AvgIpc) is 2.47. The molecule has 2 aromatic rings. The first-order chi connectivity index (χ1) is 6.66. The molecule has 1 nitrogen and oxygen atoms in total. The van der Waals surface area contributed by atoms with E-state index in [1.54, 1.807) is 6.07 Å². The maximum Gasteiger partial charge on any atom is 0.123 e. The lowest BCUT2D eigenvalue weighted by Crippen LogP contribution is -1.79. The van der Waals surface area contributed by atoms with E-state index in [2.05, 4.69) is 11.9 Å². The topological polar surface area (TPSA) is 12.9 Å².